The van der Waals surface area contributed by atoms with E-state index >= 15 is 0 Å². The second kappa shape index (κ2) is 16.7. The summed E-state index contributed by atoms with van der Waals surface area (Å²) in [6.45, 7) is 1.99. The van der Waals surface area contributed by atoms with Crippen molar-refractivity contribution in [3.63, 3.8) is 0 Å². The maximum absolute atomic E-state index is 6.92. The van der Waals surface area contributed by atoms with E-state index in [0.717, 1.165) is 75.4 Å². The maximum atomic E-state index is 6.92. The first-order valence-electron chi connectivity index (χ1n) is 18.1. The Hall–Kier alpha value is -4.07. The molecule has 54 heavy (non-hydrogen) atoms. The van der Waals surface area contributed by atoms with Crippen LogP contribution < -0.4 is 61.9 Å². The van der Waals surface area contributed by atoms with Gasteiger partial charge in [0.15, 0.2) is 46.0 Å². The number of halogens is 1. The number of fused-ring (bicyclic) bond motifs is 2. The van der Waals surface area contributed by atoms with Crippen LogP contribution in [0.25, 0.3) is 0 Å². The molecule has 2 aliphatic rings. The quantitative estimate of drug-likeness (QED) is 0.145. The summed E-state index contributed by atoms with van der Waals surface area (Å²) >= 11 is 0. The average Bonchev–Trinajstić information content (AvgIpc) is 3.16. The number of likely N-dealkylation sites (N-methyl/N-ethyl adjacent to an activating group) is 2. The van der Waals surface area contributed by atoms with Gasteiger partial charge in [-0.15, -0.1) is 0 Å². The van der Waals surface area contributed by atoms with Crippen LogP contribution >= 0.6 is 0 Å². The fourth-order valence-electron chi connectivity index (χ4n) is 8.16. The van der Waals surface area contributed by atoms with Gasteiger partial charge in [0.1, 0.15) is 17.8 Å². The molecule has 0 bridgehead atoms. The van der Waals surface area contributed by atoms with Crippen LogP contribution in [0.4, 0.5) is 0 Å². The second-order valence-electron chi connectivity index (χ2n) is 15.2. The molecule has 0 spiro atoms. The molecular weight excluding hydrogens is 799 g/mol. The van der Waals surface area contributed by atoms with Crippen LogP contribution in [0.15, 0.2) is 54.6 Å². The summed E-state index contributed by atoms with van der Waals surface area (Å²) in [7, 11) is 20.9. The third-order valence-electron chi connectivity index (χ3n) is 11.5. The van der Waals surface area contributed by atoms with Crippen LogP contribution in [0.3, 0.4) is 0 Å². The van der Waals surface area contributed by atoms with E-state index in [-0.39, 0.29) is 36.1 Å². The van der Waals surface area contributed by atoms with E-state index in [1.807, 2.05) is 18.2 Å². The Balaban J connectivity index is 0.00000561. The molecule has 0 fully saturated rings. The third-order valence-corrected chi connectivity index (χ3v) is 11.5. The van der Waals surface area contributed by atoms with E-state index in [9.17, 15) is 0 Å². The number of ether oxygens (including phenoxy) is 8. The number of quaternary nitrogens is 2. The van der Waals surface area contributed by atoms with Gasteiger partial charge in [-0.25, -0.2) is 0 Å². The molecule has 2 unspecified atom stereocenters. The Morgan fingerprint density at radius 2 is 0.889 bits per heavy atom. The number of rotatable bonds is 13. The Labute approximate surface area is 338 Å². The van der Waals surface area contributed by atoms with Gasteiger partial charge in [0.2, 0.25) is 0 Å². The number of hydrogen-bond acceptors (Lipinski definition) is 8. The molecule has 0 radical (unpaired) electrons. The Morgan fingerprint density at radius 1 is 0.463 bits per heavy atom. The van der Waals surface area contributed by atoms with Gasteiger partial charge >= 0.3 is 0 Å². The summed E-state index contributed by atoms with van der Waals surface area (Å²) in [6, 6.07) is 19.1. The molecule has 10 nitrogen and oxygen atoms in total. The van der Waals surface area contributed by atoms with Crippen molar-refractivity contribution in [3.05, 3.63) is 88.0 Å². The lowest BCUT2D eigenvalue weighted by Gasteiger charge is -2.43. The largest absolute Gasteiger partial charge is 1.00 e. The van der Waals surface area contributed by atoms with Crippen molar-refractivity contribution < 1.29 is 70.8 Å². The van der Waals surface area contributed by atoms with E-state index in [1.165, 1.54) is 22.3 Å². The van der Waals surface area contributed by atoms with E-state index in [0.29, 0.717) is 35.2 Å². The molecule has 0 aliphatic carbocycles. The summed E-state index contributed by atoms with van der Waals surface area (Å²) in [5.41, 5.74) is 7.22. The molecule has 11 heteroatoms. The minimum absolute atomic E-state index is 0. The van der Waals surface area contributed by atoms with Crippen LogP contribution in [0.5, 0.6) is 51.7 Å². The van der Waals surface area contributed by atoms with Crippen LogP contribution in [-0.4, -0.2) is 100 Å². The fraction of sp³-hybridized carbons (Fsp3) is 0.442. The van der Waals surface area contributed by atoms with Crippen molar-refractivity contribution >= 4 is 0 Å². The SMILES string of the molecule is COc1cc(CC2c3cc(OC)c(OC)cc3CC[N+]2(C)C)c(Oc2cc(CC3c4cc(OC)c(OC)cc4CC[N+]3(C)C)ccc2OC)cc1OC.[I-]. The number of methoxy groups -OCH3 is 7. The van der Waals surface area contributed by atoms with Gasteiger partial charge in [-0.3, -0.25) is 0 Å². The van der Waals surface area contributed by atoms with Gasteiger partial charge in [-0.05, 0) is 59.2 Å². The molecular formula is C43H56IN2O8+. The first-order chi connectivity index (χ1) is 25.4. The molecule has 4 aromatic rings. The van der Waals surface area contributed by atoms with Crippen molar-refractivity contribution in [1.29, 1.82) is 0 Å². The zero-order valence-electron chi connectivity index (χ0n) is 33.6. The molecule has 292 valence electrons. The zero-order chi connectivity index (χ0) is 38.1. The molecule has 2 heterocycles. The fourth-order valence-corrected chi connectivity index (χ4v) is 8.16. The Kier molecular flexibility index (Phi) is 12.7. The van der Waals surface area contributed by atoms with Crippen molar-refractivity contribution in [3.8, 4) is 51.7 Å². The van der Waals surface area contributed by atoms with E-state index in [2.05, 4.69) is 64.6 Å². The van der Waals surface area contributed by atoms with Crippen molar-refractivity contribution in [2.45, 2.75) is 37.8 Å². The lowest BCUT2D eigenvalue weighted by Crippen LogP contribution is -3.00. The predicted molar refractivity (Wildman–Crippen MR) is 206 cm³/mol. The van der Waals surface area contributed by atoms with Crippen LogP contribution in [-0.2, 0) is 25.7 Å². The smallest absolute Gasteiger partial charge is 0.169 e. The predicted octanol–water partition coefficient (Wildman–Crippen LogP) is 4.38. The van der Waals surface area contributed by atoms with Gasteiger partial charge in [0.25, 0.3) is 0 Å². The van der Waals surface area contributed by atoms with Gasteiger partial charge in [-0.1, -0.05) is 6.07 Å². The van der Waals surface area contributed by atoms with Crippen LogP contribution in [0.1, 0.15) is 45.5 Å². The summed E-state index contributed by atoms with van der Waals surface area (Å²) in [5, 5.41) is 0. The normalized spacial score (nSPS) is 17.9. The van der Waals surface area contributed by atoms with Crippen molar-refractivity contribution in [2.24, 2.45) is 0 Å². The zero-order valence-corrected chi connectivity index (χ0v) is 35.8. The highest BCUT2D eigenvalue weighted by molar-refractivity contribution is 5.56. The lowest BCUT2D eigenvalue weighted by molar-refractivity contribution is -0.923. The lowest BCUT2D eigenvalue weighted by atomic mass is 9.86. The summed E-state index contributed by atoms with van der Waals surface area (Å²) < 4.78 is 48.9. The standard InChI is InChI=1S/C43H56N2O8.HI/c1-44(2)16-14-28-21-37(47-6)40(50-9)24-31(28)33(44)18-27-12-13-35(46-5)43(19-27)53-36-26-42(52-11)39(49-8)23-30(36)20-34-32-25-41(51-10)38(48-7)22-29(32)15-17-45(34,3)4;/h12-13,19,21-26,33-34H,14-18,20H2,1-11H3;1H/q+2;/p-1. The highest BCUT2D eigenvalue weighted by Gasteiger charge is 2.39. The first kappa shape index (κ1) is 41.1. The van der Waals surface area contributed by atoms with Gasteiger partial charge < -0.3 is 70.8 Å². The van der Waals surface area contributed by atoms with E-state index < -0.39 is 0 Å². The molecule has 6 rings (SSSR count). The van der Waals surface area contributed by atoms with Crippen LogP contribution in [0.2, 0.25) is 0 Å². The highest BCUT2D eigenvalue weighted by atomic mass is 127. The summed E-state index contributed by atoms with van der Waals surface area (Å²) in [6.07, 6.45) is 3.40. The monoisotopic (exact) mass is 855 g/mol. The highest BCUT2D eigenvalue weighted by Crippen LogP contribution is 2.47. The molecule has 2 atom stereocenters. The van der Waals surface area contributed by atoms with Gasteiger partial charge in [-0.2, -0.15) is 0 Å². The van der Waals surface area contributed by atoms with Gasteiger partial charge in [0.05, 0.1) is 91.0 Å². The molecule has 0 saturated carbocycles. The Bertz CT molecular complexity index is 1960. The van der Waals surface area contributed by atoms with E-state index in [1.54, 1.807) is 49.8 Å². The number of nitrogens with zero attached hydrogens (tertiary/aromatic N) is 2. The first-order valence-corrected chi connectivity index (χ1v) is 18.1. The minimum atomic E-state index is 0. The van der Waals surface area contributed by atoms with Crippen LogP contribution in [0, 0.1) is 0 Å². The molecule has 0 aromatic heterocycles. The van der Waals surface area contributed by atoms with Crippen molar-refractivity contribution in [1.82, 2.24) is 0 Å². The molecule has 2 aliphatic heterocycles. The molecule has 0 saturated heterocycles. The second-order valence-corrected chi connectivity index (χ2v) is 15.2. The van der Waals surface area contributed by atoms with Gasteiger partial charge in [0, 0.05) is 48.4 Å². The summed E-state index contributed by atoms with van der Waals surface area (Å²) in [4.78, 5) is 0. The maximum Gasteiger partial charge on any atom is 0.169 e. The number of benzene rings is 4. The third kappa shape index (κ3) is 7.99. The molecule has 0 amide bonds. The number of hydrogen-bond donors (Lipinski definition) is 0. The minimum Gasteiger partial charge on any atom is -1.00 e. The molecule has 0 N–H and O–H groups in total. The molecule has 4 aromatic carbocycles. The van der Waals surface area contributed by atoms with E-state index in [4.69, 9.17) is 37.9 Å². The summed E-state index contributed by atoms with van der Waals surface area (Å²) in [5.74, 6) is 6.19. The Morgan fingerprint density at radius 3 is 1.37 bits per heavy atom. The van der Waals surface area contributed by atoms with Crippen molar-refractivity contribution in [2.75, 3.05) is 91.0 Å². The average molecular weight is 856 g/mol. The topological polar surface area (TPSA) is 73.8 Å².